The molecule has 3 heterocycles. The average Bonchev–Trinajstić information content (AvgIpc) is 3.17. The molecule has 1 aliphatic rings. The summed E-state index contributed by atoms with van der Waals surface area (Å²) >= 11 is 1.48. The largest absolute Gasteiger partial charge is 0.338 e. The lowest BCUT2D eigenvalue weighted by atomic mass is 10.3. The van der Waals surface area contributed by atoms with Crippen LogP contribution in [-0.4, -0.2) is 64.5 Å². The Kier molecular flexibility index (Phi) is 4.70. The molecule has 2 aromatic heterocycles. The highest BCUT2D eigenvalue weighted by Crippen LogP contribution is 2.28. The van der Waals surface area contributed by atoms with Crippen molar-refractivity contribution in [2.45, 2.75) is 25.3 Å². The van der Waals surface area contributed by atoms with E-state index in [0.717, 1.165) is 9.75 Å². The van der Waals surface area contributed by atoms with Crippen LogP contribution in [0.1, 0.15) is 9.75 Å². The van der Waals surface area contributed by atoms with Crippen molar-refractivity contribution in [2.75, 3.05) is 26.2 Å². The maximum atomic E-state index is 12.8. The molecule has 0 unspecified atom stereocenters. The SMILES string of the molecule is Cc1cc(S(=O)(=O)N2CCN(C(=O)Cn3cncn3)CC2)c(C)s1. The fraction of sp³-hybridized carbons (Fsp3) is 0.500. The first-order valence-corrected chi connectivity index (χ1v) is 9.81. The first-order valence-electron chi connectivity index (χ1n) is 7.55. The molecule has 0 atom stereocenters. The minimum absolute atomic E-state index is 0.0832. The van der Waals surface area contributed by atoms with Gasteiger partial charge in [0.25, 0.3) is 0 Å². The van der Waals surface area contributed by atoms with Gasteiger partial charge < -0.3 is 4.90 Å². The van der Waals surface area contributed by atoms with Gasteiger partial charge in [-0.25, -0.2) is 18.1 Å². The quantitative estimate of drug-likeness (QED) is 0.783. The Morgan fingerprint density at radius 2 is 1.96 bits per heavy atom. The summed E-state index contributed by atoms with van der Waals surface area (Å²) in [5.41, 5.74) is 0. The minimum atomic E-state index is -3.49. The molecule has 1 aliphatic heterocycles. The highest BCUT2D eigenvalue weighted by molar-refractivity contribution is 7.89. The van der Waals surface area contributed by atoms with Crippen molar-refractivity contribution in [1.29, 1.82) is 0 Å². The van der Waals surface area contributed by atoms with Gasteiger partial charge in [0, 0.05) is 35.9 Å². The van der Waals surface area contributed by atoms with E-state index in [4.69, 9.17) is 0 Å². The van der Waals surface area contributed by atoms with Gasteiger partial charge in [-0.3, -0.25) is 4.79 Å². The Balaban J connectivity index is 1.64. The lowest BCUT2D eigenvalue weighted by molar-refractivity contribution is -0.133. The third kappa shape index (κ3) is 3.35. The molecule has 0 aliphatic carbocycles. The van der Waals surface area contributed by atoms with Crippen molar-refractivity contribution in [3.8, 4) is 0 Å². The van der Waals surface area contributed by atoms with Crippen LogP contribution in [0, 0.1) is 13.8 Å². The smallest absolute Gasteiger partial charge is 0.244 e. The molecule has 3 rings (SSSR count). The number of rotatable bonds is 4. The molecular formula is C14H19N5O3S2. The molecule has 0 saturated carbocycles. The first kappa shape index (κ1) is 17.1. The number of aryl methyl sites for hydroxylation is 2. The van der Waals surface area contributed by atoms with Crippen LogP contribution in [0.3, 0.4) is 0 Å². The molecule has 130 valence electrons. The molecule has 8 nitrogen and oxygen atoms in total. The second kappa shape index (κ2) is 6.61. The van der Waals surface area contributed by atoms with Crippen molar-refractivity contribution in [3.63, 3.8) is 0 Å². The lowest BCUT2D eigenvalue weighted by Gasteiger charge is -2.34. The Labute approximate surface area is 144 Å². The third-order valence-corrected chi connectivity index (χ3v) is 7.09. The number of sulfonamides is 1. The van der Waals surface area contributed by atoms with Crippen LogP contribution in [0.15, 0.2) is 23.6 Å². The highest BCUT2D eigenvalue weighted by atomic mass is 32.2. The van der Waals surface area contributed by atoms with Crippen molar-refractivity contribution < 1.29 is 13.2 Å². The molecule has 0 spiro atoms. The fourth-order valence-corrected chi connectivity index (χ4v) is 5.68. The van der Waals surface area contributed by atoms with E-state index in [1.807, 2.05) is 13.8 Å². The van der Waals surface area contributed by atoms with Gasteiger partial charge in [0.2, 0.25) is 15.9 Å². The molecule has 2 aromatic rings. The van der Waals surface area contributed by atoms with Gasteiger partial charge in [-0.15, -0.1) is 11.3 Å². The summed E-state index contributed by atoms with van der Waals surface area (Å²) in [5, 5.41) is 3.91. The summed E-state index contributed by atoms with van der Waals surface area (Å²) < 4.78 is 28.4. The van der Waals surface area contributed by atoms with E-state index < -0.39 is 10.0 Å². The number of hydrogen-bond donors (Lipinski definition) is 0. The Hall–Kier alpha value is -1.78. The van der Waals surface area contributed by atoms with Crippen LogP contribution in [0.5, 0.6) is 0 Å². The standard InChI is InChI=1S/C14H19N5O3S2/c1-11-7-13(12(2)23-11)24(21,22)19-5-3-17(4-6-19)14(20)8-18-10-15-9-16-18/h7,9-10H,3-6,8H2,1-2H3. The lowest BCUT2D eigenvalue weighted by Crippen LogP contribution is -2.51. The molecule has 0 N–H and O–H groups in total. The predicted molar refractivity (Wildman–Crippen MR) is 89.2 cm³/mol. The second-order valence-corrected chi connectivity index (χ2v) is 9.02. The number of nitrogens with zero attached hydrogens (tertiary/aromatic N) is 5. The first-order chi connectivity index (χ1) is 11.4. The van der Waals surface area contributed by atoms with Gasteiger partial charge in [0.15, 0.2) is 0 Å². The van der Waals surface area contributed by atoms with Crippen molar-refractivity contribution >= 4 is 27.3 Å². The van der Waals surface area contributed by atoms with Crippen LogP contribution in [0.25, 0.3) is 0 Å². The van der Waals surface area contributed by atoms with Crippen LogP contribution in [0.4, 0.5) is 0 Å². The average molecular weight is 369 g/mol. The normalized spacial score (nSPS) is 16.5. The molecule has 0 bridgehead atoms. The van der Waals surface area contributed by atoms with E-state index in [2.05, 4.69) is 10.1 Å². The van der Waals surface area contributed by atoms with E-state index in [-0.39, 0.29) is 12.5 Å². The number of amides is 1. The molecular weight excluding hydrogens is 350 g/mol. The van der Waals surface area contributed by atoms with Gasteiger partial charge >= 0.3 is 0 Å². The predicted octanol–water partition coefficient (Wildman–Crippen LogP) is 0.490. The van der Waals surface area contributed by atoms with E-state index in [1.165, 1.54) is 33.0 Å². The van der Waals surface area contributed by atoms with Crippen molar-refractivity contribution in [3.05, 3.63) is 28.5 Å². The molecule has 1 fully saturated rings. The minimum Gasteiger partial charge on any atom is -0.338 e. The molecule has 24 heavy (non-hydrogen) atoms. The number of thiophene rings is 1. The van der Waals surface area contributed by atoms with Crippen LogP contribution in [-0.2, 0) is 21.4 Å². The highest BCUT2D eigenvalue weighted by Gasteiger charge is 2.31. The van der Waals surface area contributed by atoms with Gasteiger partial charge in [-0.05, 0) is 19.9 Å². The van der Waals surface area contributed by atoms with E-state index in [9.17, 15) is 13.2 Å². The number of aromatic nitrogens is 3. The summed E-state index contributed by atoms with van der Waals surface area (Å²) in [6.45, 7) is 5.22. The number of piperazine rings is 1. The van der Waals surface area contributed by atoms with Crippen LogP contribution < -0.4 is 0 Å². The van der Waals surface area contributed by atoms with Gasteiger partial charge in [0.1, 0.15) is 19.2 Å². The van der Waals surface area contributed by atoms with Gasteiger partial charge in [-0.2, -0.15) is 9.40 Å². The summed E-state index contributed by atoms with van der Waals surface area (Å²) in [6, 6.07) is 1.72. The number of hydrogen-bond acceptors (Lipinski definition) is 6. The zero-order chi connectivity index (χ0) is 17.3. The summed E-state index contributed by atoms with van der Waals surface area (Å²) in [7, 11) is -3.49. The van der Waals surface area contributed by atoms with Crippen molar-refractivity contribution in [2.24, 2.45) is 0 Å². The van der Waals surface area contributed by atoms with E-state index in [1.54, 1.807) is 11.0 Å². The van der Waals surface area contributed by atoms with Gasteiger partial charge in [0.05, 0.1) is 4.90 Å². The Morgan fingerprint density at radius 3 is 2.50 bits per heavy atom. The number of carbonyl (C=O) groups excluding carboxylic acids is 1. The molecule has 1 amide bonds. The molecule has 10 heteroatoms. The Morgan fingerprint density at radius 1 is 1.25 bits per heavy atom. The zero-order valence-corrected chi connectivity index (χ0v) is 15.2. The van der Waals surface area contributed by atoms with Crippen molar-refractivity contribution in [1.82, 2.24) is 24.0 Å². The molecule has 1 saturated heterocycles. The monoisotopic (exact) mass is 369 g/mol. The zero-order valence-electron chi connectivity index (χ0n) is 13.5. The van der Waals surface area contributed by atoms with E-state index in [0.29, 0.717) is 31.1 Å². The topological polar surface area (TPSA) is 88.4 Å². The summed E-state index contributed by atoms with van der Waals surface area (Å²) in [5.74, 6) is -0.0832. The second-order valence-electron chi connectivity index (χ2n) is 5.66. The molecule has 0 aromatic carbocycles. The van der Waals surface area contributed by atoms with E-state index >= 15 is 0 Å². The Bertz CT molecular complexity index is 821. The van der Waals surface area contributed by atoms with Gasteiger partial charge in [-0.1, -0.05) is 0 Å². The maximum Gasteiger partial charge on any atom is 0.244 e. The number of carbonyl (C=O) groups is 1. The summed E-state index contributed by atoms with van der Waals surface area (Å²) in [4.78, 5) is 19.9. The fourth-order valence-electron chi connectivity index (χ4n) is 2.73. The van der Waals surface area contributed by atoms with Crippen LogP contribution in [0.2, 0.25) is 0 Å². The third-order valence-electron chi connectivity index (χ3n) is 3.97. The van der Waals surface area contributed by atoms with Crippen LogP contribution >= 0.6 is 11.3 Å². The molecule has 0 radical (unpaired) electrons. The maximum absolute atomic E-state index is 12.8. The summed E-state index contributed by atoms with van der Waals surface area (Å²) in [6.07, 6.45) is 2.86.